The Hall–Kier alpha value is -3.15. The summed E-state index contributed by atoms with van der Waals surface area (Å²) in [6, 6.07) is 11.9. The fraction of sp³-hybridized carbons (Fsp3) is 0.318. The van der Waals surface area contributed by atoms with Crippen LogP contribution in [0.2, 0.25) is 0 Å². The molecule has 1 aromatic heterocycles. The zero-order valence-corrected chi connectivity index (χ0v) is 16.9. The lowest BCUT2D eigenvalue weighted by Gasteiger charge is -2.17. The lowest BCUT2D eigenvalue weighted by molar-refractivity contribution is -0.127. The van der Waals surface area contributed by atoms with E-state index in [0.29, 0.717) is 11.7 Å². The highest BCUT2D eigenvalue weighted by molar-refractivity contribution is 5.80. The molecule has 1 atom stereocenters. The standard InChI is InChI=1S/C22H25N3O3/c1-13-6-8-18(9-7-13)21-24-20(28-25-21)12-23-22(26)17(5)27-19-11-14(2)10-15(3)16(19)4/h6-11,17H,12H2,1-5H3,(H,23,26)/t17-/m0/s1. The topological polar surface area (TPSA) is 77.2 Å². The van der Waals surface area contributed by atoms with Crippen LogP contribution in [0.1, 0.15) is 35.1 Å². The van der Waals surface area contributed by atoms with E-state index in [4.69, 9.17) is 9.26 Å². The molecule has 3 rings (SSSR count). The number of nitrogens with one attached hydrogen (secondary N) is 1. The number of carbonyl (C=O) groups is 1. The molecular formula is C22H25N3O3. The molecular weight excluding hydrogens is 354 g/mol. The predicted octanol–water partition coefficient (Wildman–Crippen LogP) is 4.05. The maximum atomic E-state index is 12.4. The third-order valence-electron chi connectivity index (χ3n) is 4.63. The van der Waals surface area contributed by atoms with Gasteiger partial charge >= 0.3 is 0 Å². The van der Waals surface area contributed by atoms with Gasteiger partial charge in [-0.3, -0.25) is 4.79 Å². The van der Waals surface area contributed by atoms with Gasteiger partial charge in [0.25, 0.3) is 5.91 Å². The van der Waals surface area contributed by atoms with Crippen LogP contribution in [0.25, 0.3) is 11.4 Å². The lowest BCUT2D eigenvalue weighted by Crippen LogP contribution is -2.36. The summed E-state index contributed by atoms with van der Waals surface area (Å²) in [6.07, 6.45) is -0.639. The van der Waals surface area contributed by atoms with Gasteiger partial charge in [0, 0.05) is 5.56 Å². The molecule has 1 heterocycles. The van der Waals surface area contributed by atoms with Crippen molar-refractivity contribution in [2.24, 2.45) is 0 Å². The molecule has 1 amide bonds. The minimum absolute atomic E-state index is 0.150. The Morgan fingerprint density at radius 2 is 1.82 bits per heavy atom. The van der Waals surface area contributed by atoms with Gasteiger partial charge < -0.3 is 14.6 Å². The minimum atomic E-state index is -0.639. The summed E-state index contributed by atoms with van der Waals surface area (Å²) in [5.74, 6) is 1.33. The average Bonchev–Trinajstić information content (AvgIpc) is 3.13. The first-order valence-electron chi connectivity index (χ1n) is 9.25. The first-order chi connectivity index (χ1) is 13.3. The largest absolute Gasteiger partial charge is 0.481 e. The monoisotopic (exact) mass is 379 g/mol. The van der Waals surface area contributed by atoms with Crippen LogP contribution in [0.5, 0.6) is 5.75 Å². The van der Waals surface area contributed by atoms with Gasteiger partial charge in [-0.05, 0) is 57.4 Å². The highest BCUT2D eigenvalue weighted by Gasteiger charge is 2.18. The number of nitrogens with zero attached hydrogens (tertiary/aromatic N) is 2. The van der Waals surface area contributed by atoms with Crippen LogP contribution in [-0.2, 0) is 11.3 Å². The molecule has 6 heteroatoms. The summed E-state index contributed by atoms with van der Waals surface area (Å²) in [6.45, 7) is 9.91. The van der Waals surface area contributed by atoms with Gasteiger partial charge in [-0.2, -0.15) is 4.98 Å². The summed E-state index contributed by atoms with van der Waals surface area (Å²) >= 11 is 0. The molecule has 1 N–H and O–H groups in total. The quantitative estimate of drug-likeness (QED) is 0.699. The van der Waals surface area contributed by atoms with Crippen molar-refractivity contribution in [2.75, 3.05) is 0 Å². The Morgan fingerprint density at radius 1 is 1.11 bits per heavy atom. The molecule has 0 aliphatic heterocycles. The van der Waals surface area contributed by atoms with E-state index >= 15 is 0 Å². The van der Waals surface area contributed by atoms with Crippen molar-refractivity contribution in [2.45, 2.75) is 47.3 Å². The predicted molar refractivity (Wildman–Crippen MR) is 107 cm³/mol. The Bertz CT molecular complexity index is 977. The van der Waals surface area contributed by atoms with Gasteiger partial charge in [-0.25, -0.2) is 0 Å². The number of amides is 1. The molecule has 146 valence electrons. The van der Waals surface area contributed by atoms with Gasteiger partial charge in [0.2, 0.25) is 11.7 Å². The van der Waals surface area contributed by atoms with Crippen molar-refractivity contribution in [3.05, 3.63) is 64.5 Å². The summed E-state index contributed by atoms with van der Waals surface area (Å²) in [5.41, 5.74) is 5.30. The highest BCUT2D eigenvalue weighted by atomic mass is 16.5. The van der Waals surface area contributed by atoms with E-state index in [2.05, 4.69) is 21.5 Å². The zero-order chi connectivity index (χ0) is 20.3. The van der Waals surface area contributed by atoms with Crippen LogP contribution >= 0.6 is 0 Å². The fourth-order valence-corrected chi connectivity index (χ4v) is 2.82. The molecule has 0 bridgehead atoms. The van der Waals surface area contributed by atoms with Crippen LogP contribution in [0.3, 0.4) is 0 Å². The van der Waals surface area contributed by atoms with Gasteiger partial charge in [-0.1, -0.05) is 41.1 Å². The van der Waals surface area contributed by atoms with Crippen LogP contribution in [0.4, 0.5) is 0 Å². The number of hydrogen-bond acceptors (Lipinski definition) is 5. The van der Waals surface area contributed by atoms with Crippen LogP contribution in [0, 0.1) is 27.7 Å². The third-order valence-corrected chi connectivity index (χ3v) is 4.63. The summed E-state index contributed by atoms with van der Waals surface area (Å²) in [7, 11) is 0. The Morgan fingerprint density at radius 3 is 2.54 bits per heavy atom. The second-order valence-corrected chi connectivity index (χ2v) is 7.06. The first kappa shape index (κ1) is 19.6. The van der Waals surface area contributed by atoms with Crippen molar-refractivity contribution in [3.63, 3.8) is 0 Å². The average molecular weight is 379 g/mol. The molecule has 0 saturated carbocycles. The third kappa shape index (κ3) is 4.57. The molecule has 0 unspecified atom stereocenters. The number of carbonyl (C=O) groups excluding carboxylic acids is 1. The van der Waals surface area contributed by atoms with Gasteiger partial charge in [0.1, 0.15) is 5.75 Å². The lowest BCUT2D eigenvalue weighted by atomic mass is 10.1. The zero-order valence-electron chi connectivity index (χ0n) is 16.9. The van der Waals surface area contributed by atoms with Gasteiger partial charge in [-0.15, -0.1) is 0 Å². The number of ether oxygens (including phenoxy) is 1. The van der Waals surface area contributed by atoms with E-state index in [1.165, 1.54) is 0 Å². The number of aryl methyl sites for hydroxylation is 3. The highest BCUT2D eigenvalue weighted by Crippen LogP contribution is 2.24. The van der Waals surface area contributed by atoms with Crippen molar-refractivity contribution < 1.29 is 14.1 Å². The Balaban J connectivity index is 1.59. The molecule has 0 aliphatic carbocycles. The fourth-order valence-electron chi connectivity index (χ4n) is 2.82. The Kier molecular flexibility index (Phi) is 5.78. The molecule has 0 aliphatic rings. The molecule has 0 saturated heterocycles. The molecule has 0 fully saturated rings. The van der Waals surface area contributed by atoms with Crippen molar-refractivity contribution in [3.8, 4) is 17.1 Å². The van der Waals surface area contributed by atoms with E-state index < -0.39 is 6.10 Å². The summed E-state index contributed by atoms with van der Waals surface area (Å²) in [4.78, 5) is 16.7. The normalized spacial score (nSPS) is 11.9. The number of aromatic nitrogens is 2. The maximum Gasteiger partial charge on any atom is 0.261 e. The first-order valence-corrected chi connectivity index (χ1v) is 9.25. The maximum absolute atomic E-state index is 12.4. The van der Waals surface area contributed by atoms with Crippen molar-refractivity contribution in [1.82, 2.24) is 15.5 Å². The number of rotatable bonds is 6. The van der Waals surface area contributed by atoms with Gasteiger partial charge in [0.15, 0.2) is 6.10 Å². The molecule has 6 nitrogen and oxygen atoms in total. The molecule has 0 spiro atoms. The van der Waals surface area contributed by atoms with Gasteiger partial charge in [0.05, 0.1) is 6.54 Å². The van der Waals surface area contributed by atoms with Crippen LogP contribution in [-0.4, -0.2) is 22.2 Å². The van der Waals surface area contributed by atoms with E-state index in [-0.39, 0.29) is 12.5 Å². The Labute approximate surface area is 164 Å². The second-order valence-electron chi connectivity index (χ2n) is 7.06. The van der Waals surface area contributed by atoms with Crippen molar-refractivity contribution in [1.29, 1.82) is 0 Å². The van der Waals surface area contributed by atoms with E-state index in [0.717, 1.165) is 33.6 Å². The summed E-state index contributed by atoms with van der Waals surface area (Å²) in [5, 5.41) is 6.75. The molecule has 3 aromatic rings. The van der Waals surface area contributed by atoms with Crippen LogP contribution < -0.4 is 10.1 Å². The smallest absolute Gasteiger partial charge is 0.261 e. The molecule has 0 radical (unpaired) electrons. The SMILES string of the molecule is Cc1ccc(-c2noc(CNC(=O)[C@H](C)Oc3cc(C)cc(C)c3C)n2)cc1. The van der Waals surface area contributed by atoms with Crippen LogP contribution in [0.15, 0.2) is 40.9 Å². The number of hydrogen-bond donors (Lipinski definition) is 1. The van der Waals surface area contributed by atoms with Crippen molar-refractivity contribution >= 4 is 5.91 Å². The minimum Gasteiger partial charge on any atom is -0.481 e. The van der Waals surface area contributed by atoms with E-state index in [1.54, 1.807) is 6.92 Å². The second kappa shape index (κ2) is 8.25. The van der Waals surface area contributed by atoms with E-state index in [9.17, 15) is 4.79 Å². The molecule has 28 heavy (non-hydrogen) atoms. The number of benzene rings is 2. The summed E-state index contributed by atoms with van der Waals surface area (Å²) < 4.78 is 11.1. The molecule has 2 aromatic carbocycles. The van der Waals surface area contributed by atoms with E-state index in [1.807, 2.05) is 58.0 Å².